The maximum Gasteiger partial charge on any atom is 0.0917 e. The van der Waals surface area contributed by atoms with Crippen LogP contribution in [0.25, 0.3) is 0 Å². The minimum absolute atomic E-state index is 0.877. The second kappa shape index (κ2) is 10.4. The molecular formula is C13H24O. The van der Waals surface area contributed by atoms with E-state index in [1.807, 2.05) is 13.0 Å². The van der Waals surface area contributed by atoms with Gasteiger partial charge < -0.3 is 4.74 Å². The zero-order chi connectivity index (χ0) is 10.6. The molecule has 0 heterocycles. The summed E-state index contributed by atoms with van der Waals surface area (Å²) >= 11 is 0. The second-order valence-corrected chi connectivity index (χ2v) is 3.49. The number of ether oxygens (including phenoxy) is 1. The Morgan fingerprint density at radius 3 is 2.64 bits per heavy atom. The van der Waals surface area contributed by atoms with Gasteiger partial charge in [0.05, 0.1) is 12.4 Å². The Balaban J connectivity index is 3.44. The van der Waals surface area contributed by atoms with E-state index in [2.05, 4.69) is 19.6 Å². The molecule has 0 aromatic carbocycles. The molecule has 0 fully saturated rings. The number of allylic oxidation sites excluding steroid dienone is 3. The first-order valence-corrected chi connectivity index (χ1v) is 5.74. The molecular weight excluding hydrogens is 172 g/mol. The van der Waals surface area contributed by atoms with Crippen LogP contribution in [0.2, 0.25) is 0 Å². The zero-order valence-corrected chi connectivity index (χ0v) is 9.72. The van der Waals surface area contributed by atoms with E-state index >= 15 is 0 Å². The minimum atomic E-state index is 0.877. The van der Waals surface area contributed by atoms with Crippen molar-refractivity contribution >= 4 is 0 Å². The summed E-state index contributed by atoms with van der Waals surface area (Å²) in [6.07, 6.45) is 11.0. The molecule has 0 saturated carbocycles. The minimum Gasteiger partial charge on any atom is -0.498 e. The molecule has 0 radical (unpaired) electrons. The summed E-state index contributed by atoms with van der Waals surface area (Å²) < 4.78 is 5.67. The highest BCUT2D eigenvalue weighted by atomic mass is 16.5. The van der Waals surface area contributed by atoms with E-state index in [0.29, 0.717) is 0 Å². The maximum absolute atomic E-state index is 5.67. The van der Waals surface area contributed by atoms with Crippen LogP contribution in [0.1, 0.15) is 52.4 Å². The number of hydrogen-bond acceptors (Lipinski definition) is 1. The van der Waals surface area contributed by atoms with E-state index < -0.39 is 0 Å². The fourth-order valence-electron chi connectivity index (χ4n) is 1.28. The summed E-state index contributed by atoms with van der Waals surface area (Å²) in [4.78, 5) is 0. The van der Waals surface area contributed by atoms with E-state index in [0.717, 1.165) is 31.6 Å². The molecule has 0 saturated heterocycles. The molecule has 0 spiro atoms. The molecule has 1 heteroatoms. The van der Waals surface area contributed by atoms with E-state index in [1.165, 1.54) is 19.3 Å². The van der Waals surface area contributed by atoms with Crippen LogP contribution >= 0.6 is 0 Å². The first kappa shape index (κ1) is 13.3. The van der Waals surface area contributed by atoms with Crippen LogP contribution in [0.15, 0.2) is 24.5 Å². The molecule has 0 atom stereocenters. The van der Waals surface area contributed by atoms with Crippen molar-refractivity contribution in [3.8, 4) is 0 Å². The lowest BCUT2D eigenvalue weighted by molar-refractivity contribution is 0.194. The lowest BCUT2D eigenvalue weighted by Crippen LogP contribution is -1.95. The van der Waals surface area contributed by atoms with Gasteiger partial charge in [0.2, 0.25) is 0 Å². The van der Waals surface area contributed by atoms with Crippen LogP contribution in [-0.4, -0.2) is 6.61 Å². The van der Waals surface area contributed by atoms with Crippen molar-refractivity contribution in [3.05, 3.63) is 24.5 Å². The van der Waals surface area contributed by atoms with E-state index in [-0.39, 0.29) is 0 Å². The van der Waals surface area contributed by atoms with Crippen LogP contribution in [0, 0.1) is 0 Å². The Hall–Kier alpha value is -0.720. The van der Waals surface area contributed by atoms with Crippen molar-refractivity contribution in [2.75, 3.05) is 6.61 Å². The van der Waals surface area contributed by atoms with Crippen LogP contribution in [0.3, 0.4) is 0 Å². The van der Waals surface area contributed by atoms with Gasteiger partial charge in [-0.05, 0) is 32.3 Å². The Bertz CT molecular complexity index is 159. The molecule has 82 valence electrons. The fourth-order valence-corrected chi connectivity index (χ4v) is 1.28. The Morgan fingerprint density at radius 2 is 2.07 bits per heavy atom. The molecule has 0 aromatic heterocycles. The van der Waals surface area contributed by atoms with Crippen LogP contribution in [0.4, 0.5) is 0 Å². The molecule has 0 unspecified atom stereocenters. The first-order valence-electron chi connectivity index (χ1n) is 5.74. The zero-order valence-electron chi connectivity index (χ0n) is 9.72. The summed E-state index contributed by atoms with van der Waals surface area (Å²) in [7, 11) is 0. The summed E-state index contributed by atoms with van der Waals surface area (Å²) in [5.74, 6) is 1.14. The molecule has 14 heavy (non-hydrogen) atoms. The van der Waals surface area contributed by atoms with E-state index in [4.69, 9.17) is 4.74 Å². The Labute approximate surface area is 88.9 Å². The summed E-state index contributed by atoms with van der Waals surface area (Å²) in [6.45, 7) is 8.84. The van der Waals surface area contributed by atoms with Gasteiger partial charge in [-0.15, -0.1) is 6.58 Å². The number of hydrogen-bond donors (Lipinski definition) is 0. The highest BCUT2D eigenvalue weighted by Gasteiger charge is 1.96. The summed E-state index contributed by atoms with van der Waals surface area (Å²) in [6, 6.07) is 0. The number of rotatable bonds is 9. The highest BCUT2D eigenvalue weighted by Crippen LogP contribution is 2.10. The third-order valence-electron chi connectivity index (χ3n) is 2.19. The van der Waals surface area contributed by atoms with Crippen LogP contribution in [-0.2, 0) is 4.74 Å². The SMILES string of the molecule is C=CCCCC(=CC)OCCCCC. The quantitative estimate of drug-likeness (QED) is 0.301. The van der Waals surface area contributed by atoms with Gasteiger partial charge in [-0.2, -0.15) is 0 Å². The topological polar surface area (TPSA) is 9.23 Å². The summed E-state index contributed by atoms with van der Waals surface area (Å²) in [5.41, 5.74) is 0. The van der Waals surface area contributed by atoms with Gasteiger partial charge >= 0.3 is 0 Å². The molecule has 0 bridgehead atoms. The van der Waals surface area contributed by atoms with E-state index in [9.17, 15) is 0 Å². The Morgan fingerprint density at radius 1 is 1.29 bits per heavy atom. The van der Waals surface area contributed by atoms with E-state index in [1.54, 1.807) is 0 Å². The average molecular weight is 196 g/mol. The largest absolute Gasteiger partial charge is 0.498 e. The van der Waals surface area contributed by atoms with Gasteiger partial charge in [0.15, 0.2) is 0 Å². The smallest absolute Gasteiger partial charge is 0.0917 e. The third kappa shape index (κ3) is 7.90. The standard InChI is InChI=1S/C13H24O/c1-4-7-9-11-13(6-3)14-12-10-8-5-2/h4,6H,1,5,7-12H2,2-3H3. The molecule has 0 aromatic rings. The Kier molecular flexibility index (Phi) is 9.83. The predicted molar refractivity (Wildman–Crippen MR) is 63.3 cm³/mol. The van der Waals surface area contributed by atoms with Crippen molar-refractivity contribution in [3.63, 3.8) is 0 Å². The van der Waals surface area contributed by atoms with Crippen LogP contribution in [0.5, 0.6) is 0 Å². The molecule has 0 aliphatic rings. The molecule has 0 amide bonds. The fraction of sp³-hybridized carbons (Fsp3) is 0.692. The van der Waals surface area contributed by atoms with Crippen molar-refractivity contribution in [2.45, 2.75) is 52.4 Å². The van der Waals surface area contributed by atoms with Gasteiger partial charge in [-0.1, -0.05) is 25.8 Å². The van der Waals surface area contributed by atoms with Gasteiger partial charge in [0.25, 0.3) is 0 Å². The van der Waals surface area contributed by atoms with Crippen molar-refractivity contribution < 1.29 is 4.74 Å². The average Bonchev–Trinajstić information content (AvgIpc) is 2.22. The van der Waals surface area contributed by atoms with Crippen molar-refractivity contribution in [1.82, 2.24) is 0 Å². The van der Waals surface area contributed by atoms with Gasteiger partial charge in [-0.25, -0.2) is 0 Å². The molecule has 0 N–H and O–H groups in total. The van der Waals surface area contributed by atoms with Gasteiger partial charge in [0.1, 0.15) is 0 Å². The first-order chi connectivity index (χ1) is 6.85. The lowest BCUT2D eigenvalue weighted by Gasteiger charge is -2.09. The molecule has 0 aliphatic heterocycles. The van der Waals surface area contributed by atoms with Gasteiger partial charge in [-0.3, -0.25) is 0 Å². The molecule has 1 nitrogen and oxygen atoms in total. The lowest BCUT2D eigenvalue weighted by atomic mass is 10.2. The number of unbranched alkanes of at least 4 members (excludes halogenated alkanes) is 3. The van der Waals surface area contributed by atoms with Crippen molar-refractivity contribution in [2.24, 2.45) is 0 Å². The normalized spacial score (nSPS) is 11.4. The van der Waals surface area contributed by atoms with Gasteiger partial charge in [0, 0.05) is 6.42 Å². The maximum atomic E-state index is 5.67. The van der Waals surface area contributed by atoms with Crippen LogP contribution < -0.4 is 0 Å². The monoisotopic (exact) mass is 196 g/mol. The van der Waals surface area contributed by atoms with Crippen molar-refractivity contribution in [1.29, 1.82) is 0 Å². The second-order valence-electron chi connectivity index (χ2n) is 3.49. The highest BCUT2D eigenvalue weighted by molar-refractivity contribution is 4.90. The summed E-state index contributed by atoms with van der Waals surface area (Å²) in [5, 5.41) is 0. The third-order valence-corrected chi connectivity index (χ3v) is 2.19. The predicted octanol–water partition coefficient (Wildman–Crippen LogP) is 4.45. The molecule has 0 rings (SSSR count). The molecule has 0 aliphatic carbocycles.